The topological polar surface area (TPSA) is 62.5 Å². The van der Waals surface area contributed by atoms with E-state index in [4.69, 9.17) is 16.0 Å². The van der Waals surface area contributed by atoms with Crippen LogP contribution in [0.1, 0.15) is 47.4 Å². The lowest BCUT2D eigenvalue weighted by Crippen LogP contribution is -2.45. The molecule has 2 atom stereocenters. The second kappa shape index (κ2) is 7.35. The monoisotopic (exact) mass is 357 g/mol. The Morgan fingerprint density at radius 1 is 1.44 bits per heavy atom. The lowest BCUT2D eigenvalue weighted by Gasteiger charge is -2.33. The van der Waals surface area contributed by atoms with Gasteiger partial charge in [0.25, 0.3) is 5.91 Å². The van der Waals surface area contributed by atoms with Crippen LogP contribution in [0.25, 0.3) is 0 Å². The molecule has 1 aliphatic rings. The molecular weight excluding hydrogens is 338 g/mol. The molecule has 130 valence electrons. The molecule has 25 heavy (non-hydrogen) atoms. The summed E-state index contributed by atoms with van der Waals surface area (Å²) in [5, 5.41) is 14.4. The number of aliphatic hydroxyl groups is 1. The van der Waals surface area contributed by atoms with Crippen LogP contribution in [0.4, 0.5) is 0 Å². The maximum Gasteiger partial charge on any atom is 0.255 e. The van der Waals surface area contributed by atoms with Crippen LogP contribution in [0.15, 0.2) is 41.0 Å². The van der Waals surface area contributed by atoms with Crippen LogP contribution in [0.2, 0.25) is 5.02 Å². The lowest BCUT2D eigenvalue weighted by molar-refractivity contribution is 0.0452. The van der Waals surface area contributed by atoms with Crippen molar-refractivity contribution in [3.63, 3.8) is 0 Å². The second-order valence-electron chi connectivity index (χ2n) is 6.45. The molecule has 1 fully saturated rings. The fourth-order valence-electron chi connectivity index (χ4n) is 3.13. The smallest absolute Gasteiger partial charge is 0.255 e. The largest absolute Gasteiger partial charge is 0.469 e. The van der Waals surface area contributed by atoms with Gasteiger partial charge in [0, 0.05) is 23.0 Å². The van der Waals surface area contributed by atoms with Crippen molar-refractivity contribution in [2.24, 2.45) is 0 Å². The molecule has 1 aromatic carbocycles. The number of carbonyl (C=O) groups is 1. The van der Waals surface area contributed by atoms with E-state index in [2.05, 4.69) is 17.2 Å². The third-order valence-electron chi connectivity index (χ3n) is 4.43. The van der Waals surface area contributed by atoms with Gasteiger partial charge in [-0.2, -0.15) is 0 Å². The van der Waals surface area contributed by atoms with Gasteiger partial charge in [-0.15, -0.1) is 0 Å². The first-order valence-electron chi connectivity index (χ1n) is 8.31. The maximum atomic E-state index is 12.3. The van der Waals surface area contributed by atoms with Crippen molar-refractivity contribution in [3.05, 3.63) is 58.5 Å². The van der Waals surface area contributed by atoms with E-state index in [1.165, 1.54) is 6.26 Å². The van der Waals surface area contributed by atoms with E-state index in [9.17, 15) is 9.90 Å². The van der Waals surface area contributed by atoms with Crippen molar-refractivity contribution in [1.29, 1.82) is 0 Å². The first kappa shape index (κ1) is 17.6. The third-order valence-corrected chi connectivity index (χ3v) is 4.66. The molecule has 0 unspecified atom stereocenters. The van der Waals surface area contributed by atoms with Gasteiger partial charge in [0.2, 0.25) is 0 Å². The van der Waals surface area contributed by atoms with Crippen LogP contribution in [-0.4, -0.2) is 22.7 Å². The molecule has 1 heterocycles. The van der Waals surface area contributed by atoms with Gasteiger partial charge >= 0.3 is 0 Å². The molecule has 1 amide bonds. The molecule has 5 heteroatoms. The highest BCUT2D eigenvalue weighted by Crippen LogP contribution is 2.28. The van der Waals surface area contributed by atoms with Gasteiger partial charge < -0.3 is 14.8 Å². The summed E-state index contributed by atoms with van der Waals surface area (Å²) in [6, 6.07) is 8.76. The van der Waals surface area contributed by atoms with Gasteiger partial charge in [0.05, 0.1) is 11.8 Å². The Bertz CT molecular complexity index is 833. The van der Waals surface area contributed by atoms with Gasteiger partial charge in [-0.1, -0.05) is 29.5 Å². The number of hydrogen-bond acceptors (Lipinski definition) is 3. The highest BCUT2D eigenvalue weighted by molar-refractivity contribution is 6.30. The molecule has 1 aliphatic carbocycles. The van der Waals surface area contributed by atoms with E-state index in [-0.39, 0.29) is 11.9 Å². The Kier molecular flexibility index (Phi) is 5.17. The number of rotatable bonds is 2. The van der Waals surface area contributed by atoms with Crippen molar-refractivity contribution >= 4 is 17.5 Å². The van der Waals surface area contributed by atoms with E-state index in [1.54, 1.807) is 25.1 Å². The summed E-state index contributed by atoms with van der Waals surface area (Å²) in [7, 11) is 0. The maximum absolute atomic E-state index is 12.3. The molecular formula is C20H20ClNO3. The molecule has 1 saturated carbocycles. The standard InChI is InChI=1S/C20H20ClNO3/c1-14-18(8-11-25-14)19(23)22-17-6-3-9-20(24,13-17)10-7-15-4-2-5-16(21)12-15/h2,4-5,8,11-12,17,24H,3,6,9,13H2,1H3,(H,22,23)/t17-,20+/m0/s1. The summed E-state index contributed by atoms with van der Waals surface area (Å²) in [4.78, 5) is 12.3. The molecule has 0 spiro atoms. The minimum absolute atomic E-state index is 0.116. The highest BCUT2D eigenvalue weighted by Gasteiger charge is 2.33. The van der Waals surface area contributed by atoms with Crippen LogP contribution >= 0.6 is 11.6 Å². The van der Waals surface area contributed by atoms with E-state index < -0.39 is 5.60 Å². The van der Waals surface area contributed by atoms with Gasteiger partial charge in [0.15, 0.2) is 0 Å². The molecule has 3 rings (SSSR count). The SMILES string of the molecule is Cc1occc1C(=O)N[C@H]1CCC[C@@](O)(C#Cc2cccc(Cl)c2)C1. The van der Waals surface area contributed by atoms with E-state index in [0.29, 0.717) is 29.2 Å². The Morgan fingerprint density at radius 3 is 3.00 bits per heavy atom. The predicted molar refractivity (Wildman–Crippen MR) is 96.4 cm³/mol. The van der Waals surface area contributed by atoms with Gasteiger partial charge in [-0.25, -0.2) is 0 Å². The van der Waals surface area contributed by atoms with Crippen LogP contribution in [-0.2, 0) is 0 Å². The van der Waals surface area contributed by atoms with Crippen molar-refractivity contribution in [2.45, 2.75) is 44.2 Å². The quantitative estimate of drug-likeness (QED) is 0.805. The van der Waals surface area contributed by atoms with E-state index in [0.717, 1.165) is 18.4 Å². The number of hydrogen-bond donors (Lipinski definition) is 2. The van der Waals surface area contributed by atoms with Crippen LogP contribution in [0.3, 0.4) is 0 Å². The van der Waals surface area contributed by atoms with Crippen molar-refractivity contribution in [2.75, 3.05) is 0 Å². The molecule has 1 aromatic heterocycles. The Morgan fingerprint density at radius 2 is 2.28 bits per heavy atom. The summed E-state index contributed by atoms with van der Waals surface area (Å²) in [6.45, 7) is 1.75. The van der Waals surface area contributed by atoms with Gasteiger partial charge in [0.1, 0.15) is 11.4 Å². The fourth-order valence-corrected chi connectivity index (χ4v) is 3.32. The zero-order valence-electron chi connectivity index (χ0n) is 14.0. The summed E-state index contributed by atoms with van der Waals surface area (Å²) in [5.74, 6) is 6.37. The Hall–Kier alpha value is -2.22. The first-order valence-corrected chi connectivity index (χ1v) is 8.69. The van der Waals surface area contributed by atoms with Gasteiger partial charge in [-0.3, -0.25) is 4.79 Å². The summed E-state index contributed by atoms with van der Waals surface area (Å²) in [6.07, 6.45) is 4.12. The molecule has 0 bridgehead atoms. The molecule has 0 radical (unpaired) electrons. The van der Waals surface area contributed by atoms with Crippen molar-refractivity contribution in [1.82, 2.24) is 5.32 Å². The number of benzene rings is 1. The molecule has 2 aromatic rings. The number of carbonyl (C=O) groups excluding carboxylic acids is 1. The van der Waals surface area contributed by atoms with Crippen LogP contribution in [0, 0.1) is 18.8 Å². The molecule has 0 saturated heterocycles. The van der Waals surface area contributed by atoms with Gasteiger partial charge in [-0.05, 0) is 50.5 Å². The number of nitrogens with one attached hydrogen (secondary N) is 1. The fraction of sp³-hybridized carbons (Fsp3) is 0.350. The molecule has 4 nitrogen and oxygen atoms in total. The molecule has 0 aliphatic heterocycles. The number of amides is 1. The Balaban J connectivity index is 1.68. The Labute approximate surface area is 152 Å². The van der Waals surface area contributed by atoms with Crippen LogP contribution in [0.5, 0.6) is 0 Å². The van der Waals surface area contributed by atoms with E-state index >= 15 is 0 Å². The summed E-state index contributed by atoms with van der Waals surface area (Å²) < 4.78 is 5.17. The van der Waals surface area contributed by atoms with Crippen LogP contribution < -0.4 is 5.32 Å². The average molecular weight is 358 g/mol. The predicted octanol–water partition coefficient (Wildman–Crippen LogP) is 3.70. The zero-order valence-corrected chi connectivity index (χ0v) is 14.8. The third kappa shape index (κ3) is 4.45. The normalized spacial score (nSPS) is 22.8. The number of halogens is 1. The first-order chi connectivity index (χ1) is 12.0. The zero-order chi connectivity index (χ0) is 17.9. The number of aryl methyl sites for hydroxylation is 1. The number of furan rings is 1. The minimum Gasteiger partial charge on any atom is -0.469 e. The summed E-state index contributed by atoms with van der Waals surface area (Å²) in [5.41, 5.74) is 0.185. The average Bonchev–Trinajstić information content (AvgIpc) is 2.99. The second-order valence-corrected chi connectivity index (χ2v) is 6.89. The highest BCUT2D eigenvalue weighted by atomic mass is 35.5. The molecule has 2 N–H and O–H groups in total. The minimum atomic E-state index is -1.11. The van der Waals surface area contributed by atoms with Crippen molar-refractivity contribution in [3.8, 4) is 11.8 Å². The summed E-state index contributed by atoms with van der Waals surface area (Å²) >= 11 is 5.96. The van der Waals surface area contributed by atoms with Crippen molar-refractivity contribution < 1.29 is 14.3 Å². The lowest BCUT2D eigenvalue weighted by atomic mass is 9.82. The van der Waals surface area contributed by atoms with E-state index in [1.807, 2.05) is 12.1 Å².